The van der Waals surface area contributed by atoms with E-state index in [1.165, 1.54) is 32.1 Å². The lowest BCUT2D eigenvalue weighted by Crippen LogP contribution is -2.53. The predicted molar refractivity (Wildman–Crippen MR) is 66.0 cm³/mol. The summed E-state index contributed by atoms with van der Waals surface area (Å²) in [6, 6.07) is 0. The number of amides is 1. The summed E-state index contributed by atoms with van der Waals surface area (Å²) in [6.07, 6.45) is 6.64. The Balaban J connectivity index is 2.36. The van der Waals surface area contributed by atoms with E-state index < -0.39 is 5.54 Å². The van der Waals surface area contributed by atoms with Crippen molar-refractivity contribution in [1.29, 1.82) is 0 Å². The first-order valence-electron chi connectivity index (χ1n) is 5.69. The maximum atomic E-state index is 11.3. The van der Waals surface area contributed by atoms with Crippen molar-refractivity contribution >= 4 is 17.7 Å². The summed E-state index contributed by atoms with van der Waals surface area (Å²) in [5.41, 5.74) is 4.83. The van der Waals surface area contributed by atoms with E-state index in [-0.39, 0.29) is 5.91 Å². The summed E-state index contributed by atoms with van der Waals surface area (Å²) in [7, 11) is 1.80. The third-order valence-electron chi connectivity index (χ3n) is 3.26. The Kier molecular flexibility index (Phi) is 4.93. The van der Waals surface area contributed by atoms with Crippen molar-refractivity contribution in [3.05, 3.63) is 0 Å². The first-order chi connectivity index (χ1) is 7.08. The van der Waals surface area contributed by atoms with Gasteiger partial charge in [-0.3, -0.25) is 4.79 Å². The molecule has 0 heterocycles. The second-order valence-electron chi connectivity index (χ2n) is 4.52. The Morgan fingerprint density at radius 2 is 2.07 bits per heavy atom. The molecule has 3 nitrogen and oxygen atoms in total. The van der Waals surface area contributed by atoms with Crippen LogP contribution in [0.1, 0.15) is 39.0 Å². The minimum atomic E-state index is -0.553. The zero-order valence-electron chi connectivity index (χ0n) is 9.71. The van der Waals surface area contributed by atoms with E-state index in [4.69, 9.17) is 5.73 Å². The number of carbonyl (C=O) groups is 1. The van der Waals surface area contributed by atoms with Gasteiger partial charge in [-0.15, -0.1) is 0 Å². The molecule has 0 aromatic heterocycles. The summed E-state index contributed by atoms with van der Waals surface area (Å²) in [5.74, 6) is 0.525. The molecule has 1 atom stereocenters. The smallest absolute Gasteiger partial charge is 0.238 e. The normalized spacial score (nSPS) is 22.3. The van der Waals surface area contributed by atoms with E-state index >= 15 is 0 Å². The number of carbonyl (C=O) groups excluding carboxylic acids is 1. The van der Waals surface area contributed by atoms with Gasteiger partial charge in [-0.2, -0.15) is 11.8 Å². The van der Waals surface area contributed by atoms with Crippen LogP contribution in [0.15, 0.2) is 0 Å². The Bertz CT molecular complexity index is 217. The fraction of sp³-hybridized carbons (Fsp3) is 0.909. The number of nitrogens with one attached hydrogen (secondary N) is 1. The van der Waals surface area contributed by atoms with Gasteiger partial charge < -0.3 is 11.1 Å². The molecule has 1 fully saturated rings. The first kappa shape index (κ1) is 12.8. The van der Waals surface area contributed by atoms with Crippen LogP contribution in [0.4, 0.5) is 0 Å². The summed E-state index contributed by atoms with van der Waals surface area (Å²) < 4.78 is 0. The first-order valence-corrected chi connectivity index (χ1v) is 6.74. The van der Waals surface area contributed by atoms with E-state index in [1.807, 2.05) is 18.7 Å². The molecular formula is C11H22N2OS. The van der Waals surface area contributed by atoms with Gasteiger partial charge in [0.2, 0.25) is 5.91 Å². The number of nitrogens with two attached hydrogens (primary N) is 1. The highest BCUT2D eigenvalue weighted by molar-refractivity contribution is 8.00. The van der Waals surface area contributed by atoms with Crippen molar-refractivity contribution in [2.24, 2.45) is 5.73 Å². The van der Waals surface area contributed by atoms with Crippen molar-refractivity contribution in [3.63, 3.8) is 0 Å². The number of hydrogen-bond acceptors (Lipinski definition) is 3. The predicted octanol–water partition coefficient (Wildman–Crippen LogP) is 1.52. The van der Waals surface area contributed by atoms with E-state index in [0.717, 1.165) is 11.0 Å². The number of rotatable bonds is 5. The lowest BCUT2D eigenvalue weighted by atomic mass is 10.0. The molecule has 1 unspecified atom stereocenters. The highest BCUT2D eigenvalue weighted by atomic mass is 32.2. The quantitative estimate of drug-likeness (QED) is 0.753. The topological polar surface area (TPSA) is 55.1 Å². The molecule has 0 aromatic carbocycles. The molecule has 3 N–H and O–H groups in total. The third kappa shape index (κ3) is 3.68. The molecule has 0 aromatic rings. The molecule has 1 rings (SSSR count). The molecule has 0 aliphatic heterocycles. The minimum Gasteiger partial charge on any atom is -0.368 e. The van der Waals surface area contributed by atoms with E-state index in [1.54, 1.807) is 7.05 Å². The molecule has 0 bridgehead atoms. The Hall–Kier alpha value is -0.220. The molecule has 1 aliphatic rings. The van der Waals surface area contributed by atoms with Crippen molar-refractivity contribution in [2.45, 2.75) is 49.8 Å². The summed E-state index contributed by atoms with van der Waals surface area (Å²) >= 11 is 1.89. The zero-order chi connectivity index (χ0) is 11.3. The molecule has 0 saturated heterocycles. The van der Waals surface area contributed by atoms with E-state index in [9.17, 15) is 4.79 Å². The number of likely N-dealkylation sites (N-methyl/N-ethyl adjacent to an activating group) is 1. The van der Waals surface area contributed by atoms with Crippen LogP contribution < -0.4 is 11.1 Å². The van der Waals surface area contributed by atoms with Crippen LogP contribution in [0.25, 0.3) is 0 Å². The van der Waals surface area contributed by atoms with Crippen LogP contribution in [0.5, 0.6) is 0 Å². The molecular weight excluding hydrogens is 208 g/mol. The SMILES string of the molecule is CNC(C)(CSC1CCCCC1)C(N)=O. The van der Waals surface area contributed by atoms with Gasteiger partial charge in [-0.05, 0) is 26.8 Å². The second-order valence-corrected chi connectivity index (χ2v) is 5.81. The van der Waals surface area contributed by atoms with Crippen molar-refractivity contribution in [3.8, 4) is 0 Å². The van der Waals surface area contributed by atoms with Gasteiger partial charge in [0.25, 0.3) is 0 Å². The molecule has 4 heteroatoms. The van der Waals surface area contributed by atoms with Gasteiger partial charge >= 0.3 is 0 Å². The van der Waals surface area contributed by atoms with Crippen LogP contribution in [-0.2, 0) is 4.79 Å². The third-order valence-corrected chi connectivity index (χ3v) is 4.94. The van der Waals surface area contributed by atoms with Gasteiger partial charge in [0.15, 0.2) is 0 Å². The average Bonchev–Trinajstić information content (AvgIpc) is 2.27. The maximum absolute atomic E-state index is 11.3. The van der Waals surface area contributed by atoms with Crippen LogP contribution in [0.2, 0.25) is 0 Å². The monoisotopic (exact) mass is 230 g/mol. The summed E-state index contributed by atoms with van der Waals surface area (Å²) in [6.45, 7) is 1.88. The average molecular weight is 230 g/mol. The van der Waals surface area contributed by atoms with Gasteiger partial charge in [0.05, 0.1) is 0 Å². The molecule has 0 spiro atoms. The Morgan fingerprint density at radius 3 is 2.53 bits per heavy atom. The van der Waals surface area contributed by atoms with Crippen molar-refractivity contribution in [1.82, 2.24) is 5.32 Å². The lowest BCUT2D eigenvalue weighted by Gasteiger charge is -2.28. The highest BCUT2D eigenvalue weighted by Gasteiger charge is 2.30. The summed E-state index contributed by atoms with van der Waals surface area (Å²) in [5, 5.41) is 3.75. The van der Waals surface area contributed by atoms with E-state index in [0.29, 0.717) is 0 Å². The van der Waals surface area contributed by atoms with E-state index in [2.05, 4.69) is 5.32 Å². The molecule has 88 valence electrons. The van der Waals surface area contributed by atoms with Crippen LogP contribution >= 0.6 is 11.8 Å². The zero-order valence-corrected chi connectivity index (χ0v) is 10.5. The number of hydrogen-bond donors (Lipinski definition) is 2. The van der Waals surface area contributed by atoms with Crippen LogP contribution in [0, 0.1) is 0 Å². The van der Waals surface area contributed by atoms with Gasteiger partial charge in [0.1, 0.15) is 5.54 Å². The van der Waals surface area contributed by atoms with Gasteiger partial charge in [-0.25, -0.2) is 0 Å². The summed E-state index contributed by atoms with van der Waals surface area (Å²) in [4.78, 5) is 11.3. The van der Waals surface area contributed by atoms with Gasteiger partial charge in [0, 0.05) is 11.0 Å². The fourth-order valence-corrected chi connectivity index (χ4v) is 3.31. The largest absolute Gasteiger partial charge is 0.368 e. The van der Waals surface area contributed by atoms with Crippen LogP contribution in [-0.4, -0.2) is 29.5 Å². The highest BCUT2D eigenvalue weighted by Crippen LogP contribution is 2.30. The number of primary amides is 1. The second kappa shape index (κ2) is 5.75. The molecule has 1 aliphatic carbocycles. The molecule has 15 heavy (non-hydrogen) atoms. The Morgan fingerprint density at radius 1 is 1.47 bits per heavy atom. The fourth-order valence-electron chi connectivity index (χ4n) is 1.78. The minimum absolute atomic E-state index is 0.256. The molecule has 1 saturated carbocycles. The van der Waals surface area contributed by atoms with Crippen molar-refractivity contribution < 1.29 is 4.79 Å². The van der Waals surface area contributed by atoms with Gasteiger partial charge in [-0.1, -0.05) is 19.3 Å². The Labute approximate surface area is 96.6 Å². The molecule has 1 amide bonds. The van der Waals surface area contributed by atoms with Crippen molar-refractivity contribution in [2.75, 3.05) is 12.8 Å². The lowest BCUT2D eigenvalue weighted by molar-refractivity contribution is -0.122. The maximum Gasteiger partial charge on any atom is 0.238 e. The molecule has 0 radical (unpaired) electrons. The standard InChI is InChI=1S/C11H22N2OS/c1-11(13-2,10(12)14)8-15-9-6-4-3-5-7-9/h9,13H,3-8H2,1-2H3,(H2,12,14). The van der Waals surface area contributed by atoms with Crippen LogP contribution in [0.3, 0.4) is 0 Å². The number of thioether (sulfide) groups is 1.